The van der Waals surface area contributed by atoms with Crippen molar-refractivity contribution in [3.63, 3.8) is 0 Å². The predicted molar refractivity (Wildman–Crippen MR) is 50.9 cm³/mol. The standard InChI is InChI=1S/C6H3Cl4N/c7-2-1-3(8)5(10)6(11)4(2)9/h1H,11H2/i1D/hD2. The van der Waals surface area contributed by atoms with E-state index in [4.69, 9.17) is 50.6 Å². The molecule has 0 fully saturated rings. The molecule has 0 aliphatic carbocycles. The molecule has 0 spiro atoms. The molecule has 0 saturated carbocycles. The van der Waals surface area contributed by atoms with Crippen LogP contribution in [0.3, 0.4) is 0 Å². The molecule has 0 bridgehead atoms. The third kappa shape index (κ3) is 1.67. The number of benzene rings is 1. The normalized spacial score (nSPS) is 13.6. The van der Waals surface area contributed by atoms with Gasteiger partial charge in [0.05, 0.1) is 27.1 Å². The summed E-state index contributed by atoms with van der Waals surface area (Å²) in [6.45, 7) is 0. The molecule has 0 saturated heterocycles. The second-order valence-electron chi connectivity index (χ2n) is 1.73. The van der Waals surface area contributed by atoms with Gasteiger partial charge in [-0.3, -0.25) is 0 Å². The molecule has 0 aliphatic heterocycles. The fourth-order valence-corrected chi connectivity index (χ4v) is 1.26. The van der Waals surface area contributed by atoms with E-state index < -0.39 is 0 Å². The third-order valence-electron chi connectivity index (χ3n) is 1.02. The van der Waals surface area contributed by atoms with E-state index >= 15 is 0 Å². The van der Waals surface area contributed by atoms with Gasteiger partial charge in [-0.1, -0.05) is 46.4 Å². The summed E-state index contributed by atoms with van der Waals surface area (Å²) in [5.74, 6) is 0. The van der Waals surface area contributed by atoms with Crippen LogP contribution in [0.4, 0.5) is 5.69 Å². The van der Waals surface area contributed by atoms with Crippen LogP contribution in [0.1, 0.15) is 1.37 Å². The van der Waals surface area contributed by atoms with Crippen LogP contribution in [0.25, 0.3) is 0 Å². The Kier molecular flexibility index (Phi) is 1.72. The van der Waals surface area contributed by atoms with E-state index in [0.717, 1.165) is 0 Å². The number of anilines is 1. The number of hydrogen-bond donors (Lipinski definition) is 1. The lowest BCUT2D eigenvalue weighted by Gasteiger charge is -2.04. The zero-order valence-corrected chi connectivity index (χ0v) is 7.98. The summed E-state index contributed by atoms with van der Waals surface area (Å²) in [7, 11) is 0. The Morgan fingerprint density at radius 1 is 1.18 bits per heavy atom. The molecule has 11 heavy (non-hydrogen) atoms. The zero-order chi connectivity index (χ0) is 11.0. The second-order valence-corrected chi connectivity index (χ2v) is 3.24. The minimum absolute atomic E-state index is 0.124. The van der Waals surface area contributed by atoms with Crippen molar-refractivity contribution in [2.24, 2.45) is 0 Å². The monoisotopic (exact) mass is 232 g/mol. The van der Waals surface area contributed by atoms with Crippen molar-refractivity contribution >= 4 is 52.1 Å². The fraction of sp³-hybridized carbons (Fsp3) is 0. The maximum atomic E-state index is 7.39. The van der Waals surface area contributed by atoms with Crippen LogP contribution >= 0.6 is 46.4 Å². The Balaban J connectivity index is 3.60. The molecule has 0 atom stereocenters. The first-order valence-electron chi connectivity index (χ1n) is 3.87. The molecule has 0 radical (unpaired) electrons. The minimum atomic E-state index is -0.214. The topological polar surface area (TPSA) is 26.0 Å². The van der Waals surface area contributed by atoms with Crippen LogP contribution < -0.4 is 5.72 Å². The van der Waals surface area contributed by atoms with E-state index in [1.54, 1.807) is 0 Å². The van der Waals surface area contributed by atoms with E-state index in [9.17, 15) is 0 Å². The Labute approximate surface area is 88.3 Å². The van der Waals surface area contributed by atoms with Crippen molar-refractivity contribution in [2.75, 3.05) is 5.72 Å². The van der Waals surface area contributed by atoms with Crippen molar-refractivity contribution in [1.82, 2.24) is 0 Å². The lowest BCUT2D eigenvalue weighted by atomic mass is 10.3. The predicted octanol–water partition coefficient (Wildman–Crippen LogP) is 3.88. The zero-order valence-electron chi connectivity index (χ0n) is 7.96. The molecule has 5 heteroatoms. The molecule has 0 unspecified atom stereocenters. The largest absolute Gasteiger partial charge is 0.396 e. The van der Waals surface area contributed by atoms with Crippen LogP contribution in [0.5, 0.6) is 0 Å². The number of hydrogen-bond acceptors (Lipinski definition) is 1. The van der Waals surface area contributed by atoms with E-state index in [0.29, 0.717) is 0 Å². The summed E-state index contributed by atoms with van der Waals surface area (Å²) in [5, 5.41) is -0.506. The average molecular weight is 234 g/mol. The van der Waals surface area contributed by atoms with Crippen LogP contribution in [-0.4, -0.2) is 0 Å². The fourth-order valence-electron chi connectivity index (χ4n) is 0.510. The van der Waals surface area contributed by atoms with Crippen molar-refractivity contribution in [1.29, 1.82) is 0 Å². The van der Waals surface area contributed by atoms with Crippen LogP contribution in [-0.2, 0) is 0 Å². The molecule has 0 aromatic heterocycles. The van der Waals surface area contributed by atoms with Crippen LogP contribution in [0, 0.1) is 0 Å². The van der Waals surface area contributed by atoms with Crippen molar-refractivity contribution in [3.05, 3.63) is 26.1 Å². The molecular weight excluding hydrogens is 228 g/mol. The van der Waals surface area contributed by atoms with E-state index in [1.165, 1.54) is 0 Å². The first-order chi connectivity index (χ1) is 6.37. The van der Waals surface area contributed by atoms with Gasteiger partial charge in [0.1, 0.15) is 0 Å². The van der Waals surface area contributed by atoms with E-state index in [2.05, 4.69) is 0 Å². The SMILES string of the molecule is [2H]c1c(Cl)c(Cl)c(N([2H])[2H])c(Cl)c1Cl. The first kappa shape index (κ1) is 5.76. The summed E-state index contributed by atoms with van der Waals surface area (Å²) in [6.07, 6.45) is 0. The molecule has 1 rings (SSSR count). The van der Waals surface area contributed by atoms with Crippen LogP contribution in [0.2, 0.25) is 22.9 Å². The molecule has 0 amide bonds. The lowest BCUT2D eigenvalue weighted by Crippen LogP contribution is -1.88. The summed E-state index contributed by atoms with van der Waals surface area (Å²) < 4.78 is 21.4. The molecule has 0 heterocycles. The van der Waals surface area contributed by atoms with Crippen molar-refractivity contribution in [2.45, 2.75) is 0 Å². The number of halogens is 4. The molecule has 1 aromatic rings. The van der Waals surface area contributed by atoms with Gasteiger partial charge in [-0.05, 0) is 6.04 Å². The average Bonchev–Trinajstić information content (AvgIpc) is 2.11. The maximum absolute atomic E-state index is 7.39. The van der Waals surface area contributed by atoms with Gasteiger partial charge < -0.3 is 5.72 Å². The summed E-state index contributed by atoms with van der Waals surface area (Å²) >= 11 is 22.7. The minimum Gasteiger partial charge on any atom is -0.396 e. The Bertz CT molecular complexity index is 353. The highest BCUT2D eigenvalue weighted by atomic mass is 35.5. The molecule has 60 valence electrons. The van der Waals surface area contributed by atoms with Gasteiger partial charge >= 0.3 is 0 Å². The van der Waals surface area contributed by atoms with E-state index in [1.807, 2.05) is 0 Å². The molecule has 1 aromatic carbocycles. The Hall–Kier alpha value is 0.180. The lowest BCUT2D eigenvalue weighted by molar-refractivity contribution is 1.67. The number of rotatable bonds is 1. The second kappa shape index (κ2) is 3.28. The first-order valence-corrected chi connectivity index (χ1v) is 3.99. The van der Waals surface area contributed by atoms with Gasteiger partial charge in [0.2, 0.25) is 0 Å². The highest BCUT2D eigenvalue weighted by molar-refractivity contribution is 6.49. The summed E-state index contributed by atoms with van der Waals surface area (Å²) in [5.41, 5.74) is 0.0568. The van der Waals surface area contributed by atoms with Crippen molar-refractivity contribution in [3.8, 4) is 0 Å². The van der Waals surface area contributed by atoms with Gasteiger partial charge in [0, 0.05) is 0 Å². The summed E-state index contributed by atoms with van der Waals surface area (Å²) in [6, 6.07) is -0.214. The van der Waals surface area contributed by atoms with Gasteiger partial charge in [0.25, 0.3) is 0 Å². The van der Waals surface area contributed by atoms with E-state index in [-0.39, 0.29) is 37.5 Å². The molecule has 2 N–H and O–H groups in total. The van der Waals surface area contributed by atoms with Gasteiger partial charge in [-0.15, -0.1) is 0 Å². The highest BCUT2D eigenvalue weighted by Gasteiger charge is 2.09. The molecule has 1 nitrogen and oxygen atoms in total. The van der Waals surface area contributed by atoms with Crippen LogP contribution in [0.15, 0.2) is 6.04 Å². The smallest absolute Gasteiger partial charge is 0.156 e. The quantitative estimate of drug-likeness (QED) is 0.578. The highest BCUT2D eigenvalue weighted by Crippen LogP contribution is 2.38. The van der Waals surface area contributed by atoms with Gasteiger partial charge in [-0.25, -0.2) is 0 Å². The van der Waals surface area contributed by atoms with Crippen molar-refractivity contribution < 1.29 is 4.19 Å². The van der Waals surface area contributed by atoms with Gasteiger partial charge in [0.15, 0.2) is 2.82 Å². The Morgan fingerprint density at radius 3 is 2.00 bits per heavy atom. The molecule has 0 aliphatic rings. The number of nitrogen functional groups attached to an aromatic ring is 1. The third-order valence-corrected chi connectivity index (χ3v) is 2.52. The number of nitrogens with two attached hydrogens (primary N) is 1. The maximum Gasteiger partial charge on any atom is 0.156 e. The van der Waals surface area contributed by atoms with Gasteiger partial charge in [-0.2, -0.15) is 0 Å². The molecular formula is C6H3Cl4N. The summed E-state index contributed by atoms with van der Waals surface area (Å²) in [4.78, 5) is 0. The Morgan fingerprint density at radius 2 is 1.64 bits per heavy atom.